The van der Waals surface area contributed by atoms with E-state index in [1.54, 1.807) is 0 Å². The third kappa shape index (κ3) is 1.42. The van der Waals surface area contributed by atoms with Crippen LogP contribution in [0.2, 0.25) is 0 Å². The normalized spacial score (nSPS) is 10.8. The van der Waals surface area contributed by atoms with Gasteiger partial charge in [-0.3, -0.25) is 0 Å². The average molecular weight is 230 g/mol. The maximum atomic E-state index is 13.4. The van der Waals surface area contributed by atoms with E-state index in [4.69, 9.17) is 4.74 Å². The highest BCUT2D eigenvalue weighted by atomic mass is 19.2. The van der Waals surface area contributed by atoms with E-state index in [2.05, 4.69) is 4.42 Å². The zero-order valence-electron chi connectivity index (χ0n) is 8.01. The van der Waals surface area contributed by atoms with Crippen LogP contribution in [-0.2, 0) is 0 Å². The monoisotopic (exact) mass is 230 g/mol. The van der Waals surface area contributed by atoms with Gasteiger partial charge in [0.15, 0.2) is 5.82 Å². The minimum absolute atomic E-state index is 0.0409. The van der Waals surface area contributed by atoms with Gasteiger partial charge in [0.2, 0.25) is 5.82 Å². The molecule has 0 saturated carbocycles. The van der Waals surface area contributed by atoms with Gasteiger partial charge >= 0.3 is 5.63 Å². The molecule has 0 aliphatic carbocycles. The van der Waals surface area contributed by atoms with Crippen molar-refractivity contribution in [2.45, 2.75) is 0 Å². The van der Waals surface area contributed by atoms with Crippen LogP contribution >= 0.6 is 0 Å². The fourth-order valence-corrected chi connectivity index (χ4v) is 1.31. The van der Waals surface area contributed by atoms with Crippen LogP contribution in [0.15, 0.2) is 21.3 Å². The summed E-state index contributed by atoms with van der Waals surface area (Å²) >= 11 is 0. The van der Waals surface area contributed by atoms with Gasteiger partial charge in [0.05, 0.1) is 12.5 Å². The first-order valence-corrected chi connectivity index (χ1v) is 4.20. The first kappa shape index (κ1) is 10.5. The zero-order valence-corrected chi connectivity index (χ0v) is 8.01. The Balaban J connectivity index is 2.96. The summed E-state index contributed by atoms with van der Waals surface area (Å²) in [6.45, 7) is 0. The van der Waals surface area contributed by atoms with E-state index in [0.29, 0.717) is 0 Å². The molecule has 1 aromatic carbocycles. The molecule has 0 atom stereocenters. The van der Waals surface area contributed by atoms with Gasteiger partial charge in [-0.1, -0.05) is 0 Å². The second kappa shape index (κ2) is 3.55. The molecule has 84 valence electrons. The number of hydrogen-bond donors (Lipinski definition) is 0. The van der Waals surface area contributed by atoms with Crippen molar-refractivity contribution in [2.75, 3.05) is 7.11 Å². The van der Waals surface area contributed by atoms with Crippen LogP contribution in [0, 0.1) is 17.5 Å². The van der Waals surface area contributed by atoms with Crippen LogP contribution in [0.3, 0.4) is 0 Å². The van der Waals surface area contributed by atoms with Crippen molar-refractivity contribution in [3.8, 4) is 5.75 Å². The molecule has 0 fully saturated rings. The maximum Gasteiger partial charge on any atom is 0.375 e. The Morgan fingerprint density at radius 2 is 1.88 bits per heavy atom. The van der Waals surface area contributed by atoms with Crippen LogP contribution in [0.1, 0.15) is 0 Å². The lowest BCUT2D eigenvalue weighted by Crippen LogP contribution is -2.08. The Kier molecular flexibility index (Phi) is 2.34. The second-order valence-corrected chi connectivity index (χ2v) is 3.00. The fraction of sp³-hybridized carbons (Fsp3) is 0.100. The number of fused-ring (bicyclic) bond motifs is 1. The van der Waals surface area contributed by atoms with E-state index in [1.165, 1.54) is 7.11 Å². The number of ether oxygens (including phenoxy) is 1. The predicted molar refractivity (Wildman–Crippen MR) is 48.9 cm³/mol. The van der Waals surface area contributed by atoms with Gasteiger partial charge in [0.25, 0.3) is 0 Å². The van der Waals surface area contributed by atoms with Gasteiger partial charge in [-0.25, -0.2) is 13.6 Å². The molecule has 0 unspecified atom stereocenters. The summed E-state index contributed by atoms with van der Waals surface area (Å²) < 4.78 is 48.5. The van der Waals surface area contributed by atoms with Crippen LogP contribution in [-0.4, -0.2) is 7.11 Å². The molecule has 0 amide bonds. The van der Waals surface area contributed by atoms with E-state index in [-0.39, 0.29) is 5.75 Å². The minimum Gasteiger partial charge on any atom is -0.497 e. The topological polar surface area (TPSA) is 39.4 Å². The molecule has 0 aliphatic rings. The maximum absolute atomic E-state index is 13.4. The van der Waals surface area contributed by atoms with Crippen LogP contribution < -0.4 is 10.4 Å². The summed E-state index contributed by atoms with van der Waals surface area (Å²) in [5.41, 5.74) is -1.89. The lowest BCUT2D eigenvalue weighted by molar-refractivity contribution is 0.406. The molecule has 2 aromatic rings. The molecular weight excluding hydrogens is 225 g/mol. The van der Waals surface area contributed by atoms with E-state index in [1.807, 2.05) is 0 Å². The molecule has 0 radical (unpaired) electrons. The van der Waals surface area contributed by atoms with Crippen LogP contribution in [0.25, 0.3) is 11.0 Å². The first-order valence-electron chi connectivity index (χ1n) is 4.20. The Labute approximate surface area is 87.1 Å². The molecule has 0 saturated heterocycles. The Hall–Kier alpha value is -1.98. The average Bonchev–Trinajstić information content (AvgIpc) is 2.25. The molecule has 3 nitrogen and oxygen atoms in total. The predicted octanol–water partition coefficient (Wildman–Crippen LogP) is 2.22. The highest BCUT2D eigenvalue weighted by Crippen LogP contribution is 2.26. The number of halogens is 3. The molecule has 6 heteroatoms. The van der Waals surface area contributed by atoms with Crippen LogP contribution in [0.4, 0.5) is 13.2 Å². The Morgan fingerprint density at radius 1 is 1.19 bits per heavy atom. The van der Waals surface area contributed by atoms with Gasteiger partial charge in [-0.2, -0.15) is 4.39 Å². The molecule has 2 rings (SSSR count). The van der Waals surface area contributed by atoms with Crippen molar-refractivity contribution in [3.63, 3.8) is 0 Å². The third-order valence-electron chi connectivity index (χ3n) is 2.06. The van der Waals surface area contributed by atoms with E-state index in [9.17, 15) is 18.0 Å². The van der Waals surface area contributed by atoms with Gasteiger partial charge in [-0.05, 0) is 0 Å². The van der Waals surface area contributed by atoms with Crippen molar-refractivity contribution in [2.24, 2.45) is 0 Å². The quantitative estimate of drug-likeness (QED) is 0.705. The summed E-state index contributed by atoms with van der Waals surface area (Å²) in [7, 11) is 1.26. The van der Waals surface area contributed by atoms with Crippen molar-refractivity contribution in [3.05, 3.63) is 40.0 Å². The number of hydrogen-bond acceptors (Lipinski definition) is 3. The number of benzene rings is 1. The lowest BCUT2D eigenvalue weighted by Gasteiger charge is -2.03. The third-order valence-corrected chi connectivity index (χ3v) is 2.06. The fourth-order valence-electron chi connectivity index (χ4n) is 1.31. The largest absolute Gasteiger partial charge is 0.497 e. The van der Waals surface area contributed by atoms with Crippen molar-refractivity contribution in [1.29, 1.82) is 0 Å². The van der Waals surface area contributed by atoms with E-state index >= 15 is 0 Å². The van der Waals surface area contributed by atoms with E-state index in [0.717, 1.165) is 12.1 Å². The van der Waals surface area contributed by atoms with Gasteiger partial charge in [0, 0.05) is 12.1 Å². The summed E-state index contributed by atoms with van der Waals surface area (Å²) in [5, 5.41) is -0.710. The van der Waals surface area contributed by atoms with E-state index < -0.39 is 34.0 Å². The summed E-state index contributed by atoms with van der Waals surface area (Å²) in [6.07, 6.45) is 0. The summed E-state index contributed by atoms with van der Waals surface area (Å²) in [6, 6.07) is 1.97. The first-order chi connectivity index (χ1) is 7.54. The van der Waals surface area contributed by atoms with Crippen molar-refractivity contribution >= 4 is 11.0 Å². The van der Waals surface area contributed by atoms with Gasteiger partial charge in [-0.15, -0.1) is 0 Å². The molecule has 0 N–H and O–H groups in total. The number of methoxy groups -OCH3 is 1. The van der Waals surface area contributed by atoms with Crippen molar-refractivity contribution in [1.82, 2.24) is 0 Å². The highest BCUT2D eigenvalue weighted by molar-refractivity contribution is 5.79. The zero-order chi connectivity index (χ0) is 11.9. The molecule has 0 bridgehead atoms. The Bertz CT molecular complexity index is 619. The molecule has 0 spiro atoms. The molecular formula is C10H5F3O3. The standard InChI is InChI=1S/C10H5F3O3/c1-15-4-2-5(11)7-6(3-4)16-10(14)9(13)8(7)12/h2-3H,1H3. The molecule has 0 aliphatic heterocycles. The SMILES string of the molecule is COc1cc(F)c2c(F)c(F)c(=O)oc2c1. The Morgan fingerprint density at radius 3 is 2.50 bits per heavy atom. The smallest absolute Gasteiger partial charge is 0.375 e. The molecule has 1 heterocycles. The van der Waals surface area contributed by atoms with Gasteiger partial charge < -0.3 is 9.15 Å². The van der Waals surface area contributed by atoms with Crippen LogP contribution in [0.5, 0.6) is 5.75 Å². The lowest BCUT2D eigenvalue weighted by atomic mass is 10.2. The summed E-state index contributed by atoms with van der Waals surface area (Å²) in [4.78, 5) is 10.8. The van der Waals surface area contributed by atoms with Crippen molar-refractivity contribution < 1.29 is 22.3 Å². The highest BCUT2D eigenvalue weighted by Gasteiger charge is 2.18. The summed E-state index contributed by atoms with van der Waals surface area (Å²) in [5.74, 6) is -4.32. The number of rotatable bonds is 1. The van der Waals surface area contributed by atoms with Gasteiger partial charge in [0.1, 0.15) is 17.1 Å². The second-order valence-electron chi connectivity index (χ2n) is 3.00. The molecule has 16 heavy (non-hydrogen) atoms. The minimum atomic E-state index is -1.74. The molecule has 1 aromatic heterocycles.